The Hall–Kier alpha value is -0.640. The summed E-state index contributed by atoms with van der Waals surface area (Å²) in [6.45, 7) is -0.308. The Morgan fingerprint density at radius 1 is 1.42 bits per heavy atom. The van der Waals surface area contributed by atoms with Crippen molar-refractivity contribution in [3.8, 4) is 0 Å². The van der Waals surface area contributed by atoms with Gasteiger partial charge in [0.15, 0.2) is 0 Å². The highest BCUT2D eigenvalue weighted by Crippen LogP contribution is 2.27. The van der Waals surface area contributed by atoms with Crippen LogP contribution in [0.1, 0.15) is 32.1 Å². The lowest BCUT2D eigenvalue weighted by molar-refractivity contribution is -0.536. The summed E-state index contributed by atoms with van der Waals surface area (Å²) in [5.74, 6) is 0.110. The quantitative estimate of drug-likeness (QED) is 0.515. The van der Waals surface area contributed by atoms with Crippen molar-refractivity contribution in [2.75, 3.05) is 6.61 Å². The molecular weight excluding hydrogens is 158 g/mol. The van der Waals surface area contributed by atoms with Crippen molar-refractivity contribution in [3.63, 3.8) is 0 Å². The van der Waals surface area contributed by atoms with Crippen LogP contribution in [0.4, 0.5) is 0 Å². The van der Waals surface area contributed by atoms with Crippen molar-refractivity contribution < 1.29 is 10.0 Å². The van der Waals surface area contributed by atoms with Crippen LogP contribution in [0.5, 0.6) is 0 Å². The maximum Gasteiger partial charge on any atom is 0.238 e. The molecular formula is C8H15NO3. The van der Waals surface area contributed by atoms with Gasteiger partial charge in [-0.2, -0.15) is 0 Å². The Bertz CT molecular complexity index is 154. The molecule has 4 nitrogen and oxygen atoms in total. The first kappa shape index (κ1) is 9.45. The third kappa shape index (κ3) is 2.17. The second-order valence-corrected chi connectivity index (χ2v) is 3.43. The third-order valence-electron chi connectivity index (χ3n) is 2.65. The van der Waals surface area contributed by atoms with Crippen molar-refractivity contribution in [3.05, 3.63) is 10.1 Å². The summed E-state index contributed by atoms with van der Waals surface area (Å²) in [5, 5.41) is 19.3. The van der Waals surface area contributed by atoms with Crippen LogP contribution in [0.15, 0.2) is 0 Å². The van der Waals surface area contributed by atoms with Crippen LogP contribution in [0.2, 0.25) is 0 Å². The van der Waals surface area contributed by atoms with Gasteiger partial charge >= 0.3 is 0 Å². The van der Waals surface area contributed by atoms with Gasteiger partial charge in [0.1, 0.15) is 6.61 Å². The summed E-state index contributed by atoms with van der Waals surface area (Å²) in [6, 6.07) is -0.717. The molecule has 0 heterocycles. The molecule has 0 aromatic rings. The largest absolute Gasteiger partial charge is 0.389 e. The number of rotatable bonds is 3. The van der Waals surface area contributed by atoms with Gasteiger partial charge in [-0.1, -0.05) is 19.3 Å². The average molecular weight is 173 g/mol. The van der Waals surface area contributed by atoms with Crippen molar-refractivity contribution in [2.24, 2.45) is 5.92 Å². The normalized spacial score (nSPS) is 22.1. The van der Waals surface area contributed by atoms with E-state index in [1.165, 1.54) is 6.42 Å². The molecule has 1 aliphatic carbocycles. The Morgan fingerprint density at radius 2 is 2.00 bits per heavy atom. The molecule has 0 radical (unpaired) electrons. The summed E-state index contributed by atoms with van der Waals surface area (Å²) < 4.78 is 0. The summed E-state index contributed by atoms with van der Waals surface area (Å²) in [5.41, 5.74) is 0. The van der Waals surface area contributed by atoms with E-state index in [9.17, 15) is 10.1 Å². The standard InChI is InChI=1S/C8H15NO3/c10-6-8(9(11)12)7-4-2-1-3-5-7/h7-8,10H,1-6H2. The third-order valence-corrected chi connectivity index (χ3v) is 2.65. The van der Waals surface area contributed by atoms with E-state index in [1.54, 1.807) is 0 Å². The molecule has 4 heteroatoms. The fourth-order valence-corrected chi connectivity index (χ4v) is 1.91. The zero-order valence-corrected chi connectivity index (χ0v) is 7.11. The van der Waals surface area contributed by atoms with E-state index in [4.69, 9.17) is 5.11 Å². The molecule has 0 aliphatic heterocycles. The highest BCUT2D eigenvalue weighted by Gasteiger charge is 2.31. The lowest BCUT2D eigenvalue weighted by Crippen LogP contribution is -2.33. The Labute approximate surface area is 71.7 Å². The molecule has 0 amide bonds. The topological polar surface area (TPSA) is 63.4 Å². The summed E-state index contributed by atoms with van der Waals surface area (Å²) in [4.78, 5) is 10.1. The van der Waals surface area contributed by atoms with E-state index in [-0.39, 0.29) is 17.4 Å². The van der Waals surface area contributed by atoms with Crippen LogP contribution in [0.3, 0.4) is 0 Å². The van der Waals surface area contributed by atoms with Gasteiger partial charge in [0, 0.05) is 10.8 Å². The van der Waals surface area contributed by atoms with Crippen LogP contribution in [-0.2, 0) is 0 Å². The molecule has 1 N–H and O–H groups in total. The minimum atomic E-state index is -0.717. The van der Waals surface area contributed by atoms with E-state index in [1.807, 2.05) is 0 Å². The number of aliphatic hydroxyl groups excluding tert-OH is 1. The molecule has 1 rings (SSSR count). The first-order valence-corrected chi connectivity index (χ1v) is 4.50. The fourth-order valence-electron chi connectivity index (χ4n) is 1.91. The van der Waals surface area contributed by atoms with Crippen molar-refractivity contribution in [1.29, 1.82) is 0 Å². The SMILES string of the molecule is O=[N+]([O-])C(CO)C1CCCCC1. The monoisotopic (exact) mass is 173 g/mol. The van der Waals surface area contributed by atoms with Crippen LogP contribution in [0, 0.1) is 16.0 Å². The second-order valence-electron chi connectivity index (χ2n) is 3.43. The molecule has 1 saturated carbocycles. The highest BCUT2D eigenvalue weighted by molar-refractivity contribution is 4.72. The first-order chi connectivity index (χ1) is 5.75. The minimum Gasteiger partial charge on any atom is -0.389 e. The van der Waals surface area contributed by atoms with Gasteiger partial charge in [0.2, 0.25) is 6.04 Å². The number of hydrogen-bond acceptors (Lipinski definition) is 3. The molecule has 0 aromatic carbocycles. The number of hydrogen-bond donors (Lipinski definition) is 1. The number of aliphatic hydroxyl groups is 1. The van der Waals surface area contributed by atoms with Gasteiger partial charge in [0.25, 0.3) is 0 Å². The molecule has 1 atom stereocenters. The lowest BCUT2D eigenvalue weighted by Gasteiger charge is -2.22. The van der Waals surface area contributed by atoms with Crippen LogP contribution < -0.4 is 0 Å². The zero-order chi connectivity index (χ0) is 8.97. The van der Waals surface area contributed by atoms with E-state index in [0.29, 0.717) is 0 Å². The molecule has 12 heavy (non-hydrogen) atoms. The predicted octanol–water partition coefficient (Wildman–Crippen LogP) is 1.20. The van der Waals surface area contributed by atoms with Crippen LogP contribution in [0.25, 0.3) is 0 Å². The maximum absolute atomic E-state index is 10.5. The number of nitro groups is 1. The zero-order valence-electron chi connectivity index (χ0n) is 7.11. The van der Waals surface area contributed by atoms with E-state index in [0.717, 1.165) is 25.7 Å². The summed E-state index contributed by atoms with van der Waals surface area (Å²) >= 11 is 0. The Morgan fingerprint density at radius 3 is 2.42 bits per heavy atom. The fraction of sp³-hybridized carbons (Fsp3) is 1.00. The van der Waals surface area contributed by atoms with E-state index >= 15 is 0 Å². The van der Waals surface area contributed by atoms with Gasteiger partial charge in [-0.25, -0.2) is 0 Å². The van der Waals surface area contributed by atoms with E-state index in [2.05, 4.69) is 0 Å². The lowest BCUT2D eigenvalue weighted by atomic mass is 9.84. The molecule has 0 bridgehead atoms. The summed E-state index contributed by atoms with van der Waals surface area (Å²) in [6.07, 6.45) is 5.16. The highest BCUT2D eigenvalue weighted by atomic mass is 16.6. The van der Waals surface area contributed by atoms with E-state index < -0.39 is 6.04 Å². The second kappa shape index (κ2) is 4.40. The molecule has 0 spiro atoms. The Kier molecular flexibility index (Phi) is 3.47. The average Bonchev–Trinajstić information content (AvgIpc) is 2.07. The molecule has 1 unspecified atom stereocenters. The van der Waals surface area contributed by atoms with Gasteiger partial charge in [-0.05, 0) is 12.8 Å². The predicted molar refractivity (Wildman–Crippen MR) is 44.4 cm³/mol. The van der Waals surface area contributed by atoms with Gasteiger partial charge in [-0.3, -0.25) is 10.1 Å². The van der Waals surface area contributed by atoms with Gasteiger partial charge in [-0.15, -0.1) is 0 Å². The molecule has 0 saturated heterocycles. The van der Waals surface area contributed by atoms with Gasteiger partial charge in [0.05, 0.1) is 0 Å². The van der Waals surface area contributed by atoms with Gasteiger partial charge < -0.3 is 5.11 Å². The molecule has 1 fully saturated rings. The smallest absolute Gasteiger partial charge is 0.238 e. The van der Waals surface area contributed by atoms with Crippen LogP contribution in [-0.4, -0.2) is 22.7 Å². The Balaban J connectivity index is 2.46. The molecule has 0 aromatic heterocycles. The number of nitrogens with zero attached hydrogens (tertiary/aromatic N) is 1. The van der Waals surface area contributed by atoms with Crippen molar-refractivity contribution in [2.45, 2.75) is 38.1 Å². The first-order valence-electron chi connectivity index (χ1n) is 4.50. The van der Waals surface area contributed by atoms with Crippen molar-refractivity contribution >= 4 is 0 Å². The molecule has 70 valence electrons. The summed E-state index contributed by atoms with van der Waals surface area (Å²) in [7, 11) is 0. The van der Waals surface area contributed by atoms with Crippen molar-refractivity contribution in [1.82, 2.24) is 0 Å². The van der Waals surface area contributed by atoms with Crippen LogP contribution >= 0.6 is 0 Å². The minimum absolute atomic E-state index is 0.110. The molecule has 1 aliphatic rings. The maximum atomic E-state index is 10.5.